The van der Waals surface area contributed by atoms with E-state index in [0.29, 0.717) is 30.3 Å². The van der Waals surface area contributed by atoms with Gasteiger partial charge in [0, 0.05) is 24.5 Å². The fourth-order valence-corrected chi connectivity index (χ4v) is 3.81. The molecule has 0 radical (unpaired) electrons. The van der Waals surface area contributed by atoms with E-state index in [0.717, 1.165) is 0 Å². The fraction of sp³-hybridized carbons (Fsp3) is 0.565. The van der Waals surface area contributed by atoms with E-state index in [2.05, 4.69) is 10.4 Å². The van der Waals surface area contributed by atoms with E-state index < -0.39 is 5.60 Å². The second kappa shape index (κ2) is 8.69. The molecule has 1 aliphatic rings. The molecule has 0 unspecified atom stereocenters. The van der Waals surface area contributed by atoms with Crippen LogP contribution in [0.3, 0.4) is 0 Å². The number of nitrogens with zero attached hydrogens (tertiary/aromatic N) is 3. The first-order valence-corrected chi connectivity index (χ1v) is 10.8. The molecule has 1 fully saturated rings. The van der Waals surface area contributed by atoms with Gasteiger partial charge in [0.25, 0.3) is 11.5 Å². The number of piperidine rings is 1. The van der Waals surface area contributed by atoms with Crippen molar-refractivity contribution in [3.05, 3.63) is 40.3 Å². The van der Waals surface area contributed by atoms with Crippen LogP contribution in [0.4, 0.5) is 4.79 Å². The molecule has 168 valence electrons. The summed E-state index contributed by atoms with van der Waals surface area (Å²) in [5, 5.41) is 8.47. The lowest BCUT2D eigenvalue weighted by Gasteiger charge is -2.37. The molecule has 0 saturated carbocycles. The van der Waals surface area contributed by atoms with Crippen LogP contribution in [0.1, 0.15) is 64.5 Å². The van der Waals surface area contributed by atoms with Gasteiger partial charge < -0.3 is 15.0 Å². The number of hydrogen-bond acceptors (Lipinski definition) is 5. The van der Waals surface area contributed by atoms with Crippen LogP contribution >= 0.6 is 0 Å². The van der Waals surface area contributed by atoms with Gasteiger partial charge in [-0.2, -0.15) is 5.10 Å². The van der Waals surface area contributed by atoms with Crippen LogP contribution in [0.25, 0.3) is 10.8 Å². The first-order chi connectivity index (χ1) is 14.5. The van der Waals surface area contributed by atoms with E-state index >= 15 is 0 Å². The van der Waals surface area contributed by atoms with Crippen molar-refractivity contribution in [1.29, 1.82) is 0 Å². The summed E-state index contributed by atoms with van der Waals surface area (Å²) in [5.41, 5.74) is -0.510. The highest BCUT2D eigenvalue weighted by Crippen LogP contribution is 2.21. The third-order valence-corrected chi connectivity index (χ3v) is 5.41. The Labute approximate surface area is 182 Å². The lowest BCUT2D eigenvalue weighted by atomic mass is 9.94. The number of carbonyl (C=O) groups excluding carboxylic acids is 2. The normalized spacial score (nSPS) is 19.5. The highest BCUT2D eigenvalue weighted by atomic mass is 16.6. The van der Waals surface area contributed by atoms with Gasteiger partial charge in [0.05, 0.1) is 11.4 Å². The Balaban J connectivity index is 1.78. The van der Waals surface area contributed by atoms with Gasteiger partial charge in [0.1, 0.15) is 5.60 Å². The van der Waals surface area contributed by atoms with Crippen LogP contribution in [-0.2, 0) is 4.74 Å². The van der Waals surface area contributed by atoms with Gasteiger partial charge >= 0.3 is 6.09 Å². The minimum Gasteiger partial charge on any atom is -0.444 e. The molecule has 2 atom stereocenters. The minimum atomic E-state index is -0.544. The average Bonchev–Trinajstić information content (AvgIpc) is 2.68. The van der Waals surface area contributed by atoms with Gasteiger partial charge in [-0.05, 0) is 53.0 Å². The molecule has 1 aromatic carbocycles. The predicted octanol–water partition coefficient (Wildman–Crippen LogP) is 3.35. The molecule has 2 amide bonds. The smallest absolute Gasteiger partial charge is 0.410 e. The number of aromatic nitrogens is 2. The Morgan fingerprint density at radius 1 is 1.19 bits per heavy atom. The minimum absolute atomic E-state index is 0.0486. The quantitative estimate of drug-likeness (QED) is 0.809. The highest BCUT2D eigenvalue weighted by molar-refractivity contribution is 6.04. The van der Waals surface area contributed by atoms with Gasteiger partial charge in [-0.15, -0.1) is 0 Å². The number of fused-ring (bicyclic) bond motifs is 1. The number of carbonyl (C=O) groups is 2. The maximum absolute atomic E-state index is 13.2. The molecule has 0 bridgehead atoms. The summed E-state index contributed by atoms with van der Waals surface area (Å²) in [6.45, 7) is 12.3. The van der Waals surface area contributed by atoms with E-state index in [1.54, 1.807) is 29.2 Å². The molecule has 0 aliphatic carbocycles. The Morgan fingerprint density at radius 2 is 1.84 bits per heavy atom. The van der Waals surface area contributed by atoms with Gasteiger partial charge in [0.15, 0.2) is 5.69 Å². The Morgan fingerprint density at radius 3 is 2.42 bits per heavy atom. The molecule has 1 aromatic heterocycles. The number of likely N-dealkylation sites (tertiary alicyclic amines) is 1. The molecule has 8 heteroatoms. The zero-order chi connectivity index (χ0) is 22.9. The van der Waals surface area contributed by atoms with Gasteiger partial charge in [0.2, 0.25) is 0 Å². The molecular weight excluding hydrogens is 396 g/mol. The molecule has 3 rings (SSSR count). The maximum Gasteiger partial charge on any atom is 0.410 e. The molecule has 31 heavy (non-hydrogen) atoms. The van der Waals surface area contributed by atoms with Gasteiger partial charge in [-0.25, -0.2) is 9.48 Å². The molecule has 2 aromatic rings. The molecule has 2 heterocycles. The molecule has 1 aliphatic heterocycles. The summed E-state index contributed by atoms with van der Waals surface area (Å²) in [6, 6.07) is 6.77. The van der Waals surface area contributed by atoms with Crippen molar-refractivity contribution in [2.75, 3.05) is 13.1 Å². The lowest BCUT2D eigenvalue weighted by Crippen LogP contribution is -2.52. The van der Waals surface area contributed by atoms with Crippen LogP contribution in [-0.4, -0.2) is 51.4 Å². The summed E-state index contributed by atoms with van der Waals surface area (Å²) < 4.78 is 6.82. The zero-order valence-corrected chi connectivity index (χ0v) is 19.1. The third kappa shape index (κ3) is 5.06. The highest BCUT2D eigenvalue weighted by Gasteiger charge is 2.32. The van der Waals surface area contributed by atoms with Crippen molar-refractivity contribution in [3.8, 4) is 0 Å². The van der Waals surface area contributed by atoms with E-state index in [4.69, 9.17) is 4.74 Å². The number of hydrogen-bond donors (Lipinski definition) is 1. The van der Waals surface area contributed by atoms with Crippen LogP contribution in [0.5, 0.6) is 0 Å². The van der Waals surface area contributed by atoms with Crippen molar-refractivity contribution in [2.24, 2.45) is 5.92 Å². The molecule has 1 saturated heterocycles. The number of rotatable bonds is 3. The van der Waals surface area contributed by atoms with E-state index in [-0.39, 0.29) is 41.3 Å². The number of amides is 2. The van der Waals surface area contributed by atoms with E-state index in [1.165, 1.54) is 4.68 Å². The van der Waals surface area contributed by atoms with E-state index in [1.807, 2.05) is 41.5 Å². The Hall–Kier alpha value is -2.90. The number of benzene rings is 1. The standard InChI is InChI=1S/C23H32N4O4/c1-14(2)27-21(29)17-10-8-7-9-16(17)19(25-27)20(28)24-18-11-12-26(13-15(18)3)22(30)31-23(4,5)6/h7-10,14-15,18H,11-13H2,1-6H3,(H,24,28)/t15-,18-/m1/s1. The first kappa shape index (κ1) is 22.8. The predicted molar refractivity (Wildman–Crippen MR) is 119 cm³/mol. The molecule has 1 N–H and O–H groups in total. The van der Waals surface area contributed by atoms with Crippen molar-refractivity contribution in [2.45, 2.75) is 65.6 Å². The molecule has 0 spiro atoms. The molecule has 8 nitrogen and oxygen atoms in total. The van der Waals surface area contributed by atoms with Gasteiger partial charge in [-0.1, -0.05) is 25.1 Å². The van der Waals surface area contributed by atoms with E-state index in [9.17, 15) is 14.4 Å². The lowest BCUT2D eigenvalue weighted by molar-refractivity contribution is 0.0145. The summed E-state index contributed by atoms with van der Waals surface area (Å²) in [7, 11) is 0. The van der Waals surface area contributed by atoms with Crippen molar-refractivity contribution >= 4 is 22.8 Å². The van der Waals surface area contributed by atoms with Crippen LogP contribution in [0, 0.1) is 5.92 Å². The second-order valence-corrected chi connectivity index (χ2v) is 9.51. The Kier molecular flexibility index (Phi) is 6.38. The van der Waals surface area contributed by atoms with Gasteiger partial charge in [-0.3, -0.25) is 9.59 Å². The zero-order valence-electron chi connectivity index (χ0n) is 19.1. The van der Waals surface area contributed by atoms with Crippen LogP contribution < -0.4 is 10.9 Å². The number of nitrogens with one attached hydrogen (secondary N) is 1. The topological polar surface area (TPSA) is 93.5 Å². The van der Waals surface area contributed by atoms with Crippen molar-refractivity contribution in [3.63, 3.8) is 0 Å². The average molecular weight is 429 g/mol. The summed E-state index contributed by atoms with van der Waals surface area (Å²) >= 11 is 0. The Bertz CT molecular complexity index is 1040. The first-order valence-electron chi connectivity index (χ1n) is 10.8. The SMILES string of the molecule is CC(C)n1nc(C(=O)N[C@@H]2CCN(C(=O)OC(C)(C)C)C[C@H]2C)c2ccccc2c1=O. The van der Waals surface area contributed by atoms with Crippen LogP contribution in [0.15, 0.2) is 29.1 Å². The molecular formula is C23H32N4O4. The van der Waals surface area contributed by atoms with Crippen molar-refractivity contribution in [1.82, 2.24) is 20.0 Å². The third-order valence-electron chi connectivity index (χ3n) is 5.41. The summed E-state index contributed by atoms with van der Waals surface area (Å²) in [6.07, 6.45) is 0.286. The fourth-order valence-electron chi connectivity index (χ4n) is 3.81. The maximum atomic E-state index is 13.2. The van der Waals surface area contributed by atoms with Crippen molar-refractivity contribution < 1.29 is 14.3 Å². The monoisotopic (exact) mass is 428 g/mol. The van der Waals surface area contributed by atoms with Crippen LogP contribution in [0.2, 0.25) is 0 Å². The number of ether oxygens (including phenoxy) is 1. The summed E-state index contributed by atoms with van der Waals surface area (Å²) in [4.78, 5) is 39.9. The summed E-state index contributed by atoms with van der Waals surface area (Å²) in [5.74, 6) is -0.263. The largest absolute Gasteiger partial charge is 0.444 e. The second-order valence-electron chi connectivity index (χ2n) is 9.51.